The van der Waals surface area contributed by atoms with Crippen LogP contribution in [0.2, 0.25) is 0 Å². The van der Waals surface area contributed by atoms with Gasteiger partial charge in [-0.05, 0) is 6.16 Å². The van der Waals surface area contributed by atoms with Crippen LogP contribution in [0.3, 0.4) is 0 Å². The predicted molar refractivity (Wildman–Crippen MR) is 5.40 cm³/mol. The molecule has 0 aliphatic carbocycles. The van der Waals surface area contributed by atoms with Crippen molar-refractivity contribution >= 4 is 6.16 Å². The van der Waals surface area contributed by atoms with E-state index in [0.717, 1.165) is 0 Å². The summed E-state index contributed by atoms with van der Waals surface area (Å²) in [4.78, 5) is 8.33. The van der Waals surface area contributed by atoms with Gasteiger partial charge in [0.05, 0.1) is 0 Å². The van der Waals surface area contributed by atoms with E-state index in [-0.39, 0.29) is 113 Å². The molecule has 32 valence electrons. The van der Waals surface area contributed by atoms with Gasteiger partial charge in [0.1, 0.15) is 0 Å². The molecule has 0 N–H and O–H groups in total. The van der Waals surface area contributed by atoms with E-state index in [0.29, 0.717) is 0 Å². The van der Waals surface area contributed by atoms with Crippen LogP contribution in [0.5, 0.6) is 0 Å². The fourth-order valence-corrected chi connectivity index (χ4v) is 0. The number of carbonyl (C=O) groups is 1. The number of rotatable bonds is 0. The molecule has 8 heavy (non-hydrogen) atoms. The van der Waals surface area contributed by atoms with Crippen molar-refractivity contribution in [3.05, 3.63) is 0 Å². The molecule has 0 aromatic carbocycles. The maximum atomic E-state index is 8.33. The van der Waals surface area contributed by atoms with Crippen molar-refractivity contribution in [2.24, 2.45) is 0 Å². The van der Waals surface area contributed by atoms with Crippen molar-refractivity contribution in [2.75, 3.05) is 0 Å². The van der Waals surface area contributed by atoms with E-state index in [2.05, 4.69) is 0 Å². The second kappa shape index (κ2) is 22.5. The third kappa shape index (κ3) is 64.0. The van der Waals surface area contributed by atoms with Gasteiger partial charge in [0, 0.05) is 0 Å². The zero-order valence-corrected chi connectivity index (χ0v) is 13.3. The van der Waals surface area contributed by atoms with Gasteiger partial charge in [-0.2, -0.15) is 0 Å². The molecule has 0 saturated heterocycles. The Morgan fingerprint density at radius 3 is 1.00 bits per heavy atom. The maximum Gasteiger partial charge on any atom is 1.00 e. The summed E-state index contributed by atoms with van der Waals surface area (Å²) in [5.74, 6) is 0. The molecule has 0 fully saturated rings. The minimum absolute atomic E-state index is 0. The van der Waals surface area contributed by atoms with Crippen LogP contribution < -0.4 is 123 Å². The molecule has 0 spiro atoms. The van der Waals surface area contributed by atoms with Gasteiger partial charge in [0.2, 0.25) is 0 Å². The Bertz CT molecular complexity index is 37.5. The Morgan fingerprint density at radius 1 is 1.00 bits per heavy atom. The van der Waals surface area contributed by atoms with Crippen molar-refractivity contribution in [1.29, 1.82) is 0 Å². The molecule has 0 aliphatic heterocycles. The van der Waals surface area contributed by atoms with Crippen LogP contribution in [0.1, 0.15) is 0 Å². The van der Waals surface area contributed by atoms with E-state index < -0.39 is 6.16 Å². The SMILES string of the molecule is O=C([O-])[O-].[I-].[Na+].[Na+].[Na+]. The summed E-state index contributed by atoms with van der Waals surface area (Å²) >= 11 is 0. The Kier molecular flexibility index (Phi) is 85.9. The molecule has 0 unspecified atom stereocenters. The minimum atomic E-state index is -2.33. The third-order valence-electron chi connectivity index (χ3n) is 0. The number of carboxylic acid groups (broad SMARTS) is 2. The number of halogens is 1. The number of hydrogen-bond acceptors (Lipinski definition) is 3. The van der Waals surface area contributed by atoms with Gasteiger partial charge >= 0.3 is 88.7 Å². The molecular weight excluding hydrogens is 256 g/mol. The van der Waals surface area contributed by atoms with Gasteiger partial charge in [-0.25, -0.2) is 0 Å². The molecule has 0 atom stereocenters. The summed E-state index contributed by atoms with van der Waals surface area (Å²) in [5.41, 5.74) is 0. The first-order chi connectivity index (χ1) is 1.73. The largest absolute Gasteiger partial charge is 1.00 e. The average Bonchev–Trinajstić information content (AvgIpc) is 0.811. The Hall–Kier alpha value is 3.00. The van der Waals surface area contributed by atoms with Crippen LogP contribution >= 0.6 is 0 Å². The van der Waals surface area contributed by atoms with Gasteiger partial charge in [-0.3, -0.25) is 0 Å². The van der Waals surface area contributed by atoms with Gasteiger partial charge in [0.15, 0.2) is 0 Å². The van der Waals surface area contributed by atoms with E-state index in [1.54, 1.807) is 0 Å². The van der Waals surface area contributed by atoms with Crippen molar-refractivity contribution in [3.8, 4) is 0 Å². The normalized spacial score (nSPS) is 3.00. The van der Waals surface area contributed by atoms with Crippen LogP contribution in [-0.4, -0.2) is 6.16 Å². The van der Waals surface area contributed by atoms with Crippen molar-refractivity contribution in [2.45, 2.75) is 0 Å². The Morgan fingerprint density at radius 2 is 1.00 bits per heavy atom. The van der Waals surface area contributed by atoms with E-state index in [1.165, 1.54) is 0 Å². The second-order valence-electron chi connectivity index (χ2n) is 0.250. The summed E-state index contributed by atoms with van der Waals surface area (Å²) in [6, 6.07) is 0. The molecule has 0 rings (SSSR count). The number of hydrogen-bond donors (Lipinski definition) is 0. The van der Waals surface area contributed by atoms with Gasteiger partial charge in [-0.15, -0.1) is 0 Å². The zero-order valence-electron chi connectivity index (χ0n) is 5.10. The summed E-state index contributed by atoms with van der Waals surface area (Å²) < 4.78 is 0. The second-order valence-corrected chi connectivity index (χ2v) is 0.250. The molecule has 0 aliphatic rings. The van der Waals surface area contributed by atoms with Crippen molar-refractivity contribution < 1.29 is 128 Å². The summed E-state index contributed by atoms with van der Waals surface area (Å²) in [7, 11) is 0. The first kappa shape index (κ1) is 30.6. The minimum Gasteiger partial charge on any atom is -1.00 e. The van der Waals surface area contributed by atoms with Gasteiger partial charge < -0.3 is 39.0 Å². The van der Waals surface area contributed by atoms with Gasteiger partial charge in [0.25, 0.3) is 0 Å². The molecular formula is CINa3O3. The summed E-state index contributed by atoms with van der Waals surface area (Å²) in [6.45, 7) is 0. The van der Waals surface area contributed by atoms with Crippen LogP contribution in [0, 0.1) is 0 Å². The molecule has 0 heterocycles. The van der Waals surface area contributed by atoms with Crippen molar-refractivity contribution in [1.82, 2.24) is 0 Å². The molecule has 0 radical (unpaired) electrons. The van der Waals surface area contributed by atoms with Crippen LogP contribution in [-0.2, 0) is 0 Å². The molecule has 0 amide bonds. The fraction of sp³-hybridized carbons (Fsp3) is 0. The molecule has 0 bridgehead atoms. The third-order valence-corrected chi connectivity index (χ3v) is 0. The first-order valence-electron chi connectivity index (χ1n) is 0.612. The topological polar surface area (TPSA) is 63.2 Å². The fourth-order valence-electron chi connectivity index (χ4n) is 0. The van der Waals surface area contributed by atoms with Gasteiger partial charge in [-0.1, -0.05) is 0 Å². The zero-order chi connectivity index (χ0) is 3.58. The molecule has 3 nitrogen and oxygen atoms in total. The molecule has 0 aromatic rings. The van der Waals surface area contributed by atoms with E-state index in [4.69, 9.17) is 15.0 Å². The smallest absolute Gasteiger partial charge is 1.00 e. The van der Waals surface area contributed by atoms with Crippen molar-refractivity contribution in [3.63, 3.8) is 0 Å². The average molecular weight is 256 g/mol. The first-order valence-corrected chi connectivity index (χ1v) is 0.612. The molecule has 0 saturated carbocycles. The molecule has 7 heteroatoms. The van der Waals surface area contributed by atoms with Crippen LogP contribution in [0.4, 0.5) is 4.79 Å². The predicted octanol–water partition coefficient (Wildman–Crippen LogP) is -14.4. The molecule has 0 aromatic heterocycles. The quantitative estimate of drug-likeness (QED) is 0.319. The van der Waals surface area contributed by atoms with Crippen LogP contribution in [0.25, 0.3) is 0 Å². The Balaban J connectivity index is -0.00000000750. The summed E-state index contributed by atoms with van der Waals surface area (Å²) in [5, 5.41) is 16.7. The van der Waals surface area contributed by atoms with E-state index in [1.807, 2.05) is 0 Å². The standard InChI is InChI=1S/CH2O3.HI.3Na/c2-1(3)4;;;;/h(H2,2,3,4);1H;;;/q;;3*+1/p-3. The summed E-state index contributed by atoms with van der Waals surface area (Å²) in [6.07, 6.45) is -2.33. The van der Waals surface area contributed by atoms with E-state index in [9.17, 15) is 0 Å². The monoisotopic (exact) mass is 256 g/mol. The maximum absolute atomic E-state index is 8.33. The van der Waals surface area contributed by atoms with E-state index >= 15 is 0 Å². The Labute approximate surface area is 131 Å². The van der Waals surface area contributed by atoms with Crippen LogP contribution in [0.15, 0.2) is 0 Å². The number of carbonyl (C=O) groups excluding carboxylic acids is 1.